The molecule has 3 aromatic rings. The average Bonchev–Trinajstić information content (AvgIpc) is 2.88. The summed E-state index contributed by atoms with van der Waals surface area (Å²) in [6.45, 7) is 4.53. The lowest BCUT2D eigenvalue weighted by Gasteiger charge is -2.32. The average molecular weight is 442 g/mol. The number of hydrogen-bond donors (Lipinski definition) is 1. The van der Waals surface area contributed by atoms with Crippen molar-refractivity contribution in [1.82, 2.24) is 14.8 Å². The van der Waals surface area contributed by atoms with Crippen LogP contribution in [0, 0.1) is 0 Å². The van der Waals surface area contributed by atoms with Crippen LogP contribution in [0.3, 0.4) is 0 Å². The quantitative estimate of drug-likeness (QED) is 0.676. The van der Waals surface area contributed by atoms with E-state index in [1.165, 1.54) is 0 Å². The van der Waals surface area contributed by atoms with Crippen molar-refractivity contribution in [1.29, 1.82) is 0 Å². The molecule has 3 heterocycles. The zero-order chi connectivity index (χ0) is 22.8. The minimum absolute atomic E-state index is 0.0366. The van der Waals surface area contributed by atoms with Gasteiger partial charge < -0.3 is 20.0 Å². The van der Waals surface area contributed by atoms with Gasteiger partial charge in [0.15, 0.2) is 0 Å². The fraction of sp³-hybridized carbons (Fsp3) is 0.269. The minimum atomic E-state index is -0.0366. The van der Waals surface area contributed by atoms with Gasteiger partial charge in [0, 0.05) is 62.2 Å². The number of fused-ring (bicyclic) bond motifs is 1. The predicted octanol–water partition coefficient (Wildman–Crippen LogP) is 3.21. The Labute approximate surface area is 193 Å². The Morgan fingerprint density at radius 1 is 0.818 bits per heavy atom. The van der Waals surface area contributed by atoms with Gasteiger partial charge in [0.1, 0.15) is 5.82 Å². The van der Waals surface area contributed by atoms with Gasteiger partial charge in [0.25, 0.3) is 11.8 Å². The summed E-state index contributed by atoms with van der Waals surface area (Å²) in [5.41, 5.74) is 3.98. The molecule has 1 saturated heterocycles. The number of aromatic nitrogens is 1. The number of likely N-dealkylation sites (N-methyl/N-ethyl adjacent to an activating group) is 1. The summed E-state index contributed by atoms with van der Waals surface area (Å²) < 4.78 is 0. The summed E-state index contributed by atoms with van der Waals surface area (Å²) in [6, 6.07) is 19.0. The van der Waals surface area contributed by atoms with Crippen molar-refractivity contribution in [3.8, 4) is 11.1 Å². The van der Waals surface area contributed by atoms with Crippen LogP contribution in [-0.4, -0.2) is 72.9 Å². The molecule has 0 bridgehead atoms. The second kappa shape index (κ2) is 9.03. The molecule has 7 heteroatoms. The molecule has 0 atom stereocenters. The Bertz CT molecular complexity index is 1160. The highest BCUT2D eigenvalue weighted by Crippen LogP contribution is 2.33. The first-order valence-corrected chi connectivity index (χ1v) is 11.3. The highest BCUT2D eigenvalue weighted by atomic mass is 16.2. The van der Waals surface area contributed by atoms with E-state index in [0.29, 0.717) is 30.0 Å². The third-order valence-corrected chi connectivity index (χ3v) is 6.31. The molecule has 1 aromatic heterocycles. The number of nitrogens with one attached hydrogen (secondary N) is 1. The van der Waals surface area contributed by atoms with Gasteiger partial charge >= 0.3 is 0 Å². The SMILES string of the molecule is CN1CCN(C(=O)c2ccc(-c3cnc4c(c3)N(C(=O)c3ccccc3)CCN4)cc2)CC1. The minimum Gasteiger partial charge on any atom is -0.367 e. The van der Waals surface area contributed by atoms with E-state index in [0.717, 1.165) is 43.0 Å². The smallest absolute Gasteiger partial charge is 0.258 e. The zero-order valence-electron chi connectivity index (χ0n) is 18.7. The van der Waals surface area contributed by atoms with E-state index in [1.807, 2.05) is 65.6 Å². The first-order chi connectivity index (χ1) is 16.1. The van der Waals surface area contributed by atoms with Crippen LogP contribution in [0.2, 0.25) is 0 Å². The molecule has 0 spiro atoms. The van der Waals surface area contributed by atoms with Crippen LogP contribution in [0.15, 0.2) is 66.9 Å². The predicted molar refractivity (Wildman–Crippen MR) is 130 cm³/mol. The molecule has 0 aliphatic carbocycles. The Balaban J connectivity index is 1.38. The topological polar surface area (TPSA) is 68.8 Å². The van der Waals surface area contributed by atoms with E-state index in [-0.39, 0.29) is 11.8 Å². The third kappa shape index (κ3) is 4.32. The molecule has 2 aliphatic rings. The monoisotopic (exact) mass is 441 g/mol. The van der Waals surface area contributed by atoms with Crippen molar-refractivity contribution >= 4 is 23.3 Å². The van der Waals surface area contributed by atoms with Crippen LogP contribution in [-0.2, 0) is 0 Å². The van der Waals surface area contributed by atoms with Crippen LogP contribution < -0.4 is 10.2 Å². The molecule has 5 rings (SSSR count). The Hall–Kier alpha value is -3.71. The number of rotatable bonds is 3. The molecule has 0 saturated carbocycles. The summed E-state index contributed by atoms with van der Waals surface area (Å²) >= 11 is 0. The molecule has 168 valence electrons. The lowest BCUT2D eigenvalue weighted by molar-refractivity contribution is 0.0664. The highest BCUT2D eigenvalue weighted by molar-refractivity contribution is 6.08. The van der Waals surface area contributed by atoms with Crippen molar-refractivity contribution in [2.45, 2.75) is 0 Å². The van der Waals surface area contributed by atoms with Crippen LogP contribution in [0.25, 0.3) is 11.1 Å². The van der Waals surface area contributed by atoms with Crippen LogP contribution in [0.5, 0.6) is 0 Å². The maximum Gasteiger partial charge on any atom is 0.258 e. The molecule has 0 unspecified atom stereocenters. The van der Waals surface area contributed by atoms with Gasteiger partial charge in [-0.3, -0.25) is 9.59 Å². The lowest BCUT2D eigenvalue weighted by Crippen LogP contribution is -2.47. The van der Waals surface area contributed by atoms with Gasteiger partial charge in [-0.15, -0.1) is 0 Å². The van der Waals surface area contributed by atoms with Crippen LogP contribution >= 0.6 is 0 Å². The molecular weight excluding hydrogens is 414 g/mol. The number of hydrogen-bond acceptors (Lipinski definition) is 5. The molecule has 1 N–H and O–H groups in total. The summed E-state index contributed by atoms with van der Waals surface area (Å²) in [4.78, 5) is 36.5. The van der Waals surface area contributed by atoms with Gasteiger partial charge in [-0.05, 0) is 42.9 Å². The summed E-state index contributed by atoms with van der Waals surface area (Å²) in [5.74, 6) is 0.739. The Morgan fingerprint density at radius 3 is 2.24 bits per heavy atom. The first-order valence-electron chi connectivity index (χ1n) is 11.3. The second-order valence-corrected chi connectivity index (χ2v) is 8.51. The number of carbonyl (C=O) groups excluding carboxylic acids is 2. The fourth-order valence-corrected chi connectivity index (χ4v) is 4.30. The van der Waals surface area contributed by atoms with Crippen molar-refractivity contribution in [2.75, 3.05) is 56.5 Å². The maximum atomic E-state index is 13.1. The van der Waals surface area contributed by atoms with Gasteiger partial charge in [0.05, 0.1) is 5.69 Å². The van der Waals surface area contributed by atoms with Crippen molar-refractivity contribution in [3.63, 3.8) is 0 Å². The molecule has 0 radical (unpaired) electrons. The summed E-state index contributed by atoms with van der Waals surface area (Å²) in [7, 11) is 2.08. The van der Waals surface area contributed by atoms with Gasteiger partial charge in [-0.2, -0.15) is 0 Å². The summed E-state index contributed by atoms with van der Waals surface area (Å²) in [5, 5.41) is 3.28. The third-order valence-electron chi connectivity index (χ3n) is 6.31. The number of anilines is 2. The van der Waals surface area contributed by atoms with E-state index in [1.54, 1.807) is 11.1 Å². The zero-order valence-corrected chi connectivity index (χ0v) is 18.7. The van der Waals surface area contributed by atoms with Crippen molar-refractivity contribution in [2.24, 2.45) is 0 Å². The standard InChI is InChI=1S/C26H27N5O2/c1-29-13-15-30(16-14-29)25(32)21-9-7-19(8-10-21)22-17-23-24(28-18-22)27-11-12-31(23)26(33)20-5-3-2-4-6-20/h2-10,17-18H,11-16H2,1H3,(H,27,28). The molecule has 7 nitrogen and oxygen atoms in total. The van der Waals surface area contributed by atoms with E-state index >= 15 is 0 Å². The normalized spacial score (nSPS) is 16.2. The molecule has 2 amide bonds. The molecular formula is C26H27N5O2. The lowest BCUT2D eigenvalue weighted by atomic mass is 10.0. The van der Waals surface area contributed by atoms with Crippen molar-refractivity contribution < 1.29 is 9.59 Å². The summed E-state index contributed by atoms with van der Waals surface area (Å²) in [6.07, 6.45) is 1.81. The number of benzene rings is 2. The largest absolute Gasteiger partial charge is 0.367 e. The fourth-order valence-electron chi connectivity index (χ4n) is 4.30. The number of carbonyl (C=O) groups is 2. The first kappa shape index (κ1) is 21.2. The highest BCUT2D eigenvalue weighted by Gasteiger charge is 2.25. The molecule has 1 fully saturated rings. The van der Waals surface area contributed by atoms with Gasteiger partial charge in [-0.1, -0.05) is 30.3 Å². The number of nitrogens with zero attached hydrogens (tertiary/aromatic N) is 4. The Kier molecular flexibility index (Phi) is 5.79. The van der Waals surface area contributed by atoms with E-state index in [4.69, 9.17) is 0 Å². The van der Waals surface area contributed by atoms with E-state index < -0.39 is 0 Å². The van der Waals surface area contributed by atoms with Crippen LogP contribution in [0.1, 0.15) is 20.7 Å². The van der Waals surface area contributed by atoms with E-state index in [2.05, 4.69) is 22.2 Å². The van der Waals surface area contributed by atoms with Gasteiger partial charge in [0.2, 0.25) is 0 Å². The van der Waals surface area contributed by atoms with Gasteiger partial charge in [-0.25, -0.2) is 4.98 Å². The van der Waals surface area contributed by atoms with Crippen LogP contribution in [0.4, 0.5) is 11.5 Å². The Morgan fingerprint density at radius 2 is 1.52 bits per heavy atom. The van der Waals surface area contributed by atoms with Crippen molar-refractivity contribution in [3.05, 3.63) is 78.0 Å². The second-order valence-electron chi connectivity index (χ2n) is 8.51. The molecule has 33 heavy (non-hydrogen) atoms. The molecule has 2 aliphatic heterocycles. The number of pyridine rings is 1. The number of amides is 2. The molecule has 2 aromatic carbocycles. The number of piperazine rings is 1. The van der Waals surface area contributed by atoms with E-state index in [9.17, 15) is 9.59 Å². The maximum absolute atomic E-state index is 13.1.